The number of halogens is 5. The standard InChI is InChI=1S/C25H29ClF4N4O3S/c26-18-2-4-22(23(14-18)34-10-8-33(9-11-34)7-6-25(28,29)30)32-24(35)20-3-1-17(13-21(20)27)15-31-19-5-12-38(36,37)16-19/h1-4,13-14,19,31H,5-12,15-16H2,(H,32,35). The zero-order valence-electron chi connectivity index (χ0n) is 20.5. The molecule has 38 heavy (non-hydrogen) atoms. The van der Waals surface area contributed by atoms with E-state index in [1.54, 1.807) is 29.2 Å². The number of hydrogen-bond acceptors (Lipinski definition) is 6. The second-order valence-corrected chi connectivity index (χ2v) is 12.3. The van der Waals surface area contributed by atoms with Crippen LogP contribution in [0.3, 0.4) is 0 Å². The summed E-state index contributed by atoms with van der Waals surface area (Å²) in [5.74, 6) is -1.17. The average molecular weight is 577 g/mol. The summed E-state index contributed by atoms with van der Waals surface area (Å²) in [5.41, 5.74) is 1.44. The Balaban J connectivity index is 1.38. The molecule has 2 fully saturated rings. The van der Waals surface area contributed by atoms with Gasteiger partial charge in [0.2, 0.25) is 0 Å². The molecule has 2 heterocycles. The number of hydrogen-bond donors (Lipinski definition) is 2. The Bertz CT molecular complexity index is 1270. The lowest BCUT2D eigenvalue weighted by molar-refractivity contribution is -0.138. The highest BCUT2D eigenvalue weighted by atomic mass is 35.5. The van der Waals surface area contributed by atoms with Gasteiger partial charge >= 0.3 is 6.18 Å². The van der Waals surface area contributed by atoms with E-state index in [2.05, 4.69) is 10.6 Å². The van der Waals surface area contributed by atoms with Crippen LogP contribution in [0.25, 0.3) is 0 Å². The Morgan fingerprint density at radius 1 is 1.08 bits per heavy atom. The average Bonchev–Trinajstić information content (AvgIpc) is 3.21. The van der Waals surface area contributed by atoms with E-state index < -0.39 is 34.2 Å². The number of anilines is 2. The van der Waals surface area contributed by atoms with E-state index in [9.17, 15) is 30.8 Å². The largest absolute Gasteiger partial charge is 0.390 e. The maximum absolute atomic E-state index is 14.8. The lowest BCUT2D eigenvalue weighted by Gasteiger charge is -2.37. The quantitative estimate of drug-likeness (QED) is 0.461. The number of carbonyl (C=O) groups excluding carboxylic acids is 1. The summed E-state index contributed by atoms with van der Waals surface area (Å²) in [5, 5.41) is 6.27. The second kappa shape index (κ2) is 11.8. The zero-order chi connectivity index (χ0) is 27.5. The summed E-state index contributed by atoms with van der Waals surface area (Å²) in [7, 11) is -3.03. The van der Waals surface area contributed by atoms with Crippen LogP contribution in [0.1, 0.15) is 28.8 Å². The molecule has 2 aliphatic rings. The highest BCUT2D eigenvalue weighted by molar-refractivity contribution is 7.91. The van der Waals surface area contributed by atoms with E-state index in [4.69, 9.17) is 11.6 Å². The van der Waals surface area contributed by atoms with E-state index in [0.29, 0.717) is 54.6 Å². The van der Waals surface area contributed by atoms with E-state index in [0.717, 1.165) is 0 Å². The molecule has 2 saturated heterocycles. The van der Waals surface area contributed by atoms with Crippen molar-refractivity contribution in [2.24, 2.45) is 0 Å². The Labute approximate surface area is 224 Å². The molecule has 13 heteroatoms. The van der Waals surface area contributed by atoms with Gasteiger partial charge in [-0.15, -0.1) is 0 Å². The first kappa shape index (κ1) is 28.6. The first-order chi connectivity index (χ1) is 17.9. The summed E-state index contributed by atoms with van der Waals surface area (Å²) in [4.78, 5) is 16.6. The number of nitrogens with one attached hydrogen (secondary N) is 2. The van der Waals surface area contributed by atoms with Gasteiger partial charge in [-0.1, -0.05) is 17.7 Å². The molecule has 0 radical (unpaired) electrons. The van der Waals surface area contributed by atoms with Crippen molar-refractivity contribution in [3.8, 4) is 0 Å². The van der Waals surface area contributed by atoms with Gasteiger partial charge < -0.3 is 15.5 Å². The molecule has 1 unspecified atom stereocenters. The summed E-state index contributed by atoms with van der Waals surface area (Å²) in [6, 6.07) is 8.91. The molecule has 7 nitrogen and oxygen atoms in total. The molecular weight excluding hydrogens is 548 g/mol. The van der Waals surface area contributed by atoms with Crippen molar-refractivity contribution in [2.45, 2.75) is 31.6 Å². The van der Waals surface area contributed by atoms with Gasteiger partial charge in [-0.3, -0.25) is 9.69 Å². The Kier molecular flexibility index (Phi) is 8.85. The highest BCUT2D eigenvalue weighted by Gasteiger charge is 2.29. The molecule has 0 saturated carbocycles. The smallest absolute Gasteiger partial charge is 0.367 e. The third-order valence-electron chi connectivity index (χ3n) is 6.74. The summed E-state index contributed by atoms with van der Waals surface area (Å²) in [6.07, 6.45) is -4.56. The molecule has 0 bridgehead atoms. The van der Waals surface area contributed by atoms with Crippen LogP contribution in [0.5, 0.6) is 0 Å². The molecular formula is C25H29ClF4N4O3S. The lowest BCUT2D eigenvalue weighted by Crippen LogP contribution is -2.47. The second-order valence-electron chi connectivity index (χ2n) is 9.60. The number of alkyl halides is 3. The molecule has 0 spiro atoms. The third kappa shape index (κ3) is 7.81. The fraction of sp³-hybridized carbons (Fsp3) is 0.480. The van der Waals surface area contributed by atoms with Crippen LogP contribution in [0.4, 0.5) is 28.9 Å². The molecule has 2 aromatic carbocycles. The first-order valence-electron chi connectivity index (χ1n) is 12.3. The van der Waals surface area contributed by atoms with Gasteiger partial charge in [0.1, 0.15) is 5.82 Å². The number of benzene rings is 2. The summed E-state index contributed by atoms with van der Waals surface area (Å²) < 4.78 is 75.7. The van der Waals surface area contributed by atoms with Gasteiger partial charge in [-0.05, 0) is 42.3 Å². The van der Waals surface area contributed by atoms with Crippen molar-refractivity contribution in [3.63, 3.8) is 0 Å². The van der Waals surface area contributed by atoms with Crippen LogP contribution in [-0.4, -0.2) is 75.7 Å². The molecule has 2 N–H and O–H groups in total. The first-order valence-corrected chi connectivity index (χ1v) is 14.5. The van der Waals surface area contributed by atoms with E-state index in [1.165, 1.54) is 12.1 Å². The molecule has 0 aliphatic carbocycles. The number of nitrogens with zero attached hydrogens (tertiary/aromatic N) is 2. The van der Waals surface area contributed by atoms with Gasteiger partial charge in [0.25, 0.3) is 5.91 Å². The minimum Gasteiger partial charge on any atom is -0.367 e. The predicted octanol–water partition coefficient (Wildman–Crippen LogP) is 4.08. The van der Waals surface area contributed by atoms with Crippen LogP contribution in [0.15, 0.2) is 36.4 Å². The van der Waals surface area contributed by atoms with Crippen molar-refractivity contribution in [2.75, 3.05) is 54.4 Å². The molecule has 1 atom stereocenters. The predicted molar refractivity (Wildman–Crippen MR) is 139 cm³/mol. The van der Waals surface area contributed by atoms with Gasteiger partial charge in [-0.25, -0.2) is 12.8 Å². The van der Waals surface area contributed by atoms with Crippen molar-refractivity contribution in [3.05, 3.63) is 58.4 Å². The summed E-state index contributed by atoms with van der Waals surface area (Å²) >= 11 is 6.18. The van der Waals surface area contributed by atoms with Gasteiger partial charge in [0, 0.05) is 50.3 Å². The molecule has 1 amide bonds. The van der Waals surface area contributed by atoms with Crippen LogP contribution >= 0.6 is 11.6 Å². The number of amides is 1. The molecule has 2 aromatic rings. The molecule has 0 aromatic heterocycles. The maximum atomic E-state index is 14.8. The van der Waals surface area contributed by atoms with Gasteiger partial charge in [-0.2, -0.15) is 13.2 Å². The highest BCUT2D eigenvalue weighted by Crippen LogP contribution is 2.31. The number of carbonyl (C=O) groups is 1. The fourth-order valence-electron chi connectivity index (χ4n) is 4.63. The topological polar surface area (TPSA) is 81.8 Å². The molecule has 4 rings (SSSR count). The Morgan fingerprint density at radius 3 is 2.45 bits per heavy atom. The van der Waals surface area contributed by atoms with E-state index >= 15 is 0 Å². The summed E-state index contributed by atoms with van der Waals surface area (Å²) in [6.45, 7) is 1.94. The maximum Gasteiger partial charge on any atom is 0.390 e. The van der Waals surface area contributed by atoms with Crippen molar-refractivity contribution >= 4 is 38.7 Å². The fourth-order valence-corrected chi connectivity index (χ4v) is 6.50. The number of sulfone groups is 1. The normalized spacial score (nSPS) is 20.0. The minimum absolute atomic E-state index is 0.0575. The minimum atomic E-state index is -4.20. The van der Waals surface area contributed by atoms with Crippen molar-refractivity contribution in [1.29, 1.82) is 0 Å². The molecule has 208 valence electrons. The van der Waals surface area contributed by atoms with E-state index in [-0.39, 0.29) is 36.2 Å². The lowest BCUT2D eigenvalue weighted by atomic mass is 10.1. The van der Waals surface area contributed by atoms with Crippen LogP contribution in [-0.2, 0) is 16.4 Å². The number of piperazine rings is 1. The molecule has 2 aliphatic heterocycles. The van der Waals surface area contributed by atoms with Gasteiger partial charge in [0.15, 0.2) is 9.84 Å². The number of rotatable bonds is 8. The SMILES string of the molecule is O=C(Nc1ccc(Cl)cc1N1CCN(CCC(F)(F)F)CC1)c1ccc(CNC2CCS(=O)(=O)C2)cc1F. The van der Waals surface area contributed by atoms with Crippen molar-refractivity contribution in [1.82, 2.24) is 10.2 Å². The van der Waals surface area contributed by atoms with Crippen LogP contribution in [0.2, 0.25) is 5.02 Å². The van der Waals surface area contributed by atoms with Crippen molar-refractivity contribution < 1.29 is 30.8 Å². The third-order valence-corrected chi connectivity index (χ3v) is 8.74. The Morgan fingerprint density at radius 2 is 1.82 bits per heavy atom. The monoisotopic (exact) mass is 576 g/mol. The zero-order valence-corrected chi connectivity index (χ0v) is 22.1. The van der Waals surface area contributed by atoms with E-state index in [1.807, 2.05) is 4.90 Å². The van der Waals surface area contributed by atoms with Crippen LogP contribution < -0.4 is 15.5 Å². The van der Waals surface area contributed by atoms with Crippen LogP contribution in [0, 0.1) is 5.82 Å². The Hall–Kier alpha value is -2.41. The van der Waals surface area contributed by atoms with Gasteiger partial charge in [0.05, 0.1) is 34.9 Å².